The molecule has 1 heterocycles. The minimum absolute atomic E-state index is 0.330. The summed E-state index contributed by atoms with van der Waals surface area (Å²) in [6.45, 7) is 10.4. The average Bonchev–Trinajstić information content (AvgIpc) is 2.35. The van der Waals surface area contributed by atoms with E-state index in [1.165, 1.54) is 11.3 Å². The van der Waals surface area contributed by atoms with E-state index in [0.29, 0.717) is 12.5 Å². The first-order chi connectivity index (χ1) is 7.72. The monoisotopic (exact) mass is 221 g/mol. The minimum atomic E-state index is 0.330. The van der Waals surface area contributed by atoms with Gasteiger partial charge in [-0.2, -0.15) is 0 Å². The number of aliphatic hydroxyl groups excluding tert-OH is 1. The highest BCUT2D eigenvalue weighted by Crippen LogP contribution is 2.23. The first-order valence-electron chi connectivity index (χ1n) is 6.04. The van der Waals surface area contributed by atoms with Gasteiger partial charge in [0.15, 0.2) is 0 Å². The molecule has 2 nitrogen and oxygen atoms in total. The molecule has 2 heteroatoms. The molecule has 0 spiro atoms. The Morgan fingerprint density at radius 2 is 2.06 bits per heavy atom. The normalized spacial score (nSPS) is 20.1. The molecule has 0 unspecified atom stereocenters. The van der Waals surface area contributed by atoms with Crippen molar-refractivity contribution in [1.82, 2.24) is 4.90 Å². The molecule has 1 fully saturated rings. The zero-order valence-corrected chi connectivity index (χ0v) is 10.4. The van der Waals surface area contributed by atoms with Gasteiger partial charge in [0.1, 0.15) is 0 Å². The van der Waals surface area contributed by atoms with Crippen LogP contribution in [-0.4, -0.2) is 29.7 Å². The van der Waals surface area contributed by atoms with Crippen LogP contribution in [0.25, 0.3) is 0 Å². The molecule has 1 rings (SSSR count). The fourth-order valence-corrected chi connectivity index (χ4v) is 2.10. The second-order valence-electron chi connectivity index (χ2n) is 4.37. The first-order valence-corrected chi connectivity index (χ1v) is 6.04. The van der Waals surface area contributed by atoms with Crippen molar-refractivity contribution in [2.24, 2.45) is 5.92 Å². The van der Waals surface area contributed by atoms with Crippen LogP contribution in [0.5, 0.6) is 0 Å². The molecule has 0 aromatic carbocycles. The van der Waals surface area contributed by atoms with Gasteiger partial charge in [0.25, 0.3) is 0 Å². The van der Waals surface area contributed by atoms with Crippen LogP contribution in [0, 0.1) is 5.92 Å². The molecule has 0 amide bonds. The maximum Gasteiger partial charge on any atom is 0.0460 e. The third kappa shape index (κ3) is 3.24. The number of piperidine rings is 1. The SMILES string of the molecule is C=C/C=C(\C(C)=C/C)N1CCC(CO)CC1. The van der Waals surface area contributed by atoms with E-state index >= 15 is 0 Å². The molecule has 0 bridgehead atoms. The summed E-state index contributed by atoms with van der Waals surface area (Å²) < 4.78 is 0. The minimum Gasteiger partial charge on any atom is -0.396 e. The summed E-state index contributed by atoms with van der Waals surface area (Å²) in [7, 11) is 0. The number of nitrogens with zero attached hydrogens (tertiary/aromatic N) is 1. The molecule has 0 aromatic rings. The van der Waals surface area contributed by atoms with Gasteiger partial charge in [-0.25, -0.2) is 0 Å². The molecule has 16 heavy (non-hydrogen) atoms. The quantitative estimate of drug-likeness (QED) is 0.738. The van der Waals surface area contributed by atoms with Crippen molar-refractivity contribution in [3.63, 3.8) is 0 Å². The van der Waals surface area contributed by atoms with E-state index in [0.717, 1.165) is 25.9 Å². The van der Waals surface area contributed by atoms with Gasteiger partial charge in [0.05, 0.1) is 0 Å². The van der Waals surface area contributed by atoms with E-state index in [-0.39, 0.29) is 0 Å². The molecular weight excluding hydrogens is 198 g/mol. The van der Waals surface area contributed by atoms with Crippen LogP contribution < -0.4 is 0 Å². The molecule has 90 valence electrons. The third-order valence-corrected chi connectivity index (χ3v) is 3.33. The summed E-state index contributed by atoms with van der Waals surface area (Å²) in [5.41, 5.74) is 2.57. The predicted molar refractivity (Wildman–Crippen MR) is 69.1 cm³/mol. The van der Waals surface area contributed by atoms with Crippen LogP contribution >= 0.6 is 0 Å². The lowest BCUT2D eigenvalue weighted by atomic mass is 9.96. The standard InChI is InChI=1S/C14H23NO/c1-4-6-14(12(3)5-2)15-9-7-13(11-16)8-10-15/h4-6,13,16H,1,7-11H2,2-3H3/b12-5-,14-6+. The van der Waals surface area contributed by atoms with Crippen LogP contribution in [-0.2, 0) is 0 Å². The van der Waals surface area contributed by atoms with E-state index in [1.807, 2.05) is 6.08 Å². The second-order valence-corrected chi connectivity index (χ2v) is 4.37. The second kappa shape index (κ2) is 6.54. The van der Waals surface area contributed by atoms with Crippen molar-refractivity contribution in [2.45, 2.75) is 26.7 Å². The number of rotatable bonds is 4. The highest BCUT2D eigenvalue weighted by Gasteiger charge is 2.20. The third-order valence-electron chi connectivity index (χ3n) is 3.33. The first kappa shape index (κ1) is 13.0. The summed E-state index contributed by atoms with van der Waals surface area (Å²) in [5, 5.41) is 9.11. The van der Waals surface area contributed by atoms with Crippen LogP contribution in [0.1, 0.15) is 26.7 Å². The summed E-state index contributed by atoms with van der Waals surface area (Å²) in [6, 6.07) is 0. The van der Waals surface area contributed by atoms with Crippen molar-refractivity contribution < 1.29 is 5.11 Å². The van der Waals surface area contributed by atoms with Gasteiger partial charge in [-0.05, 0) is 44.3 Å². The fourth-order valence-electron chi connectivity index (χ4n) is 2.10. The Morgan fingerprint density at radius 1 is 1.44 bits per heavy atom. The van der Waals surface area contributed by atoms with Crippen LogP contribution in [0.2, 0.25) is 0 Å². The molecule has 0 saturated carbocycles. The van der Waals surface area contributed by atoms with Crippen molar-refractivity contribution in [1.29, 1.82) is 0 Å². The Morgan fingerprint density at radius 3 is 2.50 bits per heavy atom. The van der Waals surface area contributed by atoms with E-state index in [1.54, 1.807) is 0 Å². The van der Waals surface area contributed by atoms with Gasteiger partial charge >= 0.3 is 0 Å². The molecule has 1 saturated heterocycles. The molecule has 0 aromatic heterocycles. The maximum absolute atomic E-state index is 9.11. The summed E-state index contributed by atoms with van der Waals surface area (Å²) in [5.74, 6) is 0.493. The van der Waals surface area contributed by atoms with Crippen molar-refractivity contribution in [3.05, 3.63) is 36.1 Å². The smallest absolute Gasteiger partial charge is 0.0460 e. The zero-order chi connectivity index (χ0) is 12.0. The van der Waals surface area contributed by atoms with Crippen LogP contribution in [0.15, 0.2) is 36.1 Å². The van der Waals surface area contributed by atoms with Gasteiger partial charge in [-0.1, -0.05) is 18.7 Å². The van der Waals surface area contributed by atoms with Crippen LogP contribution in [0.4, 0.5) is 0 Å². The molecule has 0 radical (unpaired) electrons. The van der Waals surface area contributed by atoms with E-state index in [9.17, 15) is 0 Å². The van der Waals surface area contributed by atoms with E-state index in [4.69, 9.17) is 5.11 Å². The molecule has 1 N–H and O–H groups in total. The van der Waals surface area contributed by atoms with E-state index < -0.39 is 0 Å². The van der Waals surface area contributed by atoms with Crippen molar-refractivity contribution >= 4 is 0 Å². The van der Waals surface area contributed by atoms with Gasteiger partial charge in [-0.3, -0.25) is 0 Å². The number of hydrogen-bond acceptors (Lipinski definition) is 2. The number of allylic oxidation sites excluding steroid dienone is 4. The number of likely N-dealkylation sites (tertiary alicyclic amines) is 1. The number of hydrogen-bond donors (Lipinski definition) is 1. The molecule has 0 aliphatic carbocycles. The summed E-state index contributed by atoms with van der Waals surface area (Å²) in [4.78, 5) is 2.39. The summed E-state index contributed by atoms with van der Waals surface area (Å²) >= 11 is 0. The maximum atomic E-state index is 9.11. The van der Waals surface area contributed by atoms with E-state index in [2.05, 4.69) is 37.5 Å². The van der Waals surface area contributed by atoms with Gasteiger partial charge in [-0.15, -0.1) is 0 Å². The van der Waals surface area contributed by atoms with Crippen molar-refractivity contribution in [3.8, 4) is 0 Å². The molecule has 1 aliphatic rings. The largest absolute Gasteiger partial charge is 0.396 e. The summed E-state index contributed by atoms with van der Waals surface area (Å²) in [6.07, 6.45) is 8.23. The molecule has 0 atom stereocenters. The predicted octanol–water partition coefficient (Wildman–Crippen LogP) is 2.73. The molecule has 1 aliphatic heterocycles. The lowest BCUT2D eigenvalue weighted by Gasteiger charge is -2.35. The Hall–Kier alpha value is -1.02. The van der Waals surface area contributed by atoms with Gasteiger partial charge in [0.2, 0.25) is 0 Å². The van der Waals surface area contributed by atoms with Crippen molar-refractivity contribution in [2.75, 3.05) is 19.7 Å². The molecular formula is C14H23NO. The highest BCUT2D eigenvalue weighted by molar-refractivity contribution is 5.30. The van der Waals surface area contributed by atoms with Gasteiger partial charge < -0.3 is 10.0 Å². The fraction of sp³-hybridized carbons (Fsp3) is 0.571. The Labute approximate surface area is 99.0 Å². The highest BCUT2D eigenvalue weighted by atomic mass is 16.3. The van der Waals surface area contributed by atoms with Crippen LogP contribution in [0.3, 0.4) is 0 Å². The Balaban J connectivity index is 2.68. The Kier molecular flexibility index (Phi) is 5.33. The van der Waals surface area contributed by atoms with Gasteiger partial charge in [0, 0.05) is 25.4 Å². The topological polar surface area (TPSA) is 23.5 Å². The average molecular weight is 221 g/mol. The Bertz CT molecular complexity index is 283. The lowest BCUT2D eigenvalue weighted by Crippen LogP contribution is -2.34. The lowest BCUT2D eigenvalue weighted by molar-refractivity contribution is 0.152. The number of aliphatic hydroxyl groups is 1. The zero-order valence-electron chi connectivity index (χ0n) is 10.4.